The number of hydrogen-bond acceptors (Lipinski definition) is 3. The van der Waals surface area contributed by atoms with Crippen molar-refractivity contribution >= 4 is 21.8 Å². The van der Waals surface area contributed by atoms with Crippen LogP contribution in [0.15, 0.2) is 16.6 Å². The molecule has 4 nitrogen and oxygen atoms in total. The second-order valence-electron chi connectivity index (χ2n) is 3.71. The highest BCUT2D eigenvalue weighted by molar-refractivity contribution is 9.10. The van der Waals surface area contributed by atoms with Crippen LogP contribution in [0.1, 0.15) is 6.42 Å². The van der Waals surface area contributed by atoms with Gasteiger partial charge in [0.2, 0.25) is 5.82 Å². The molecule has 0 unspecified atom stereocenters. The van der Waals surface area contributed by atoms with Crippen molar-refractivity contribution in [2.75, 3.05) is 20.2 Å². The maximum Gasteiger partial charge on any atom is 0.260 e. The van der Waals surface area contributed by atoms with E-state index in [-0.39, 0.29) is 18.7 Å². The summed E-state index contributed by atoms with van der Waals surface area (Å²) in [5.41, 5.74) is 0. The van der Waals surface area contributed by atoms with Gasteiger partial charge in [-0.3, -0.25) is 4.79 Å². The lowest BCUT2D eigenvalue weighted by molar-refractivity contribution is -0.132. The zero-order valence-electron chi connectivity index (χ0n) is 10.1. The van der Waals surface area contributed by atoms with Crippen molar-refractivity contribution in [3.8, 4) is 11.8 Å². The molecule has 0 aliphatic carbocycles. The quantitative estimate of drug-likeness (QED) is 0.778. The van der Waals surface area contributed by atoms with Crippen LogP contribution >= 0.6 is 15.9 Å². The van der Waals surface area contributed by atoms with Gasteiger partial charge in [-0.15, -0.1) is 0 Å². The summed E-state index contributed by atoms with van der Waals surface area (Å²) in [6.07, 6.45) is 0.197. The van der Waals surface area contributed by atoms with Gasteiger partial charge in [-0.05, 0) is 12.1 Å². The fourth-order valence-electron chi connectivity index (χ4n) is 1.23. The van der Waals surface area contributed by atoms with Crippen molar-refractivity contribution in [1.82, 2.24) is 4.90 Å². The first-order valence-electron chi connectivity index (χ1n) is 5.34. The lowest BCUT2D eigenvalue weighted by Crippen LogP contribution is -2.32. The van der Waals surface area contributed by atoms with Gasteiger partial charge in [0, 0.05) is 18.1 Å². The maximum absolute atomic E-state index is 13.3. The van der Waals surface area contributed by atoms with E-state index in [1.54, 1.807) is 0 Å². The number of ether oxygens (including phenoxy) is 1. The van der Waals surface area contributed by atoms with Crippen LogP contribution in [-0.4, -0.2) is 31.0 Å². The highest BCUT2D eigenvalue weighted by atomic mass is 79.9. The van der Waals surface area contributed by atoms with Crippen molar-refractivity contribution in [2.24, 2.45) is 0 Å². The molecule has 1 amide bonds. The molecule has 0 fully saturated rings. The molecular formula is C12H11BrF2N2O2. The van der Waals surface area contributed by atoms with Gasteiger partial charge in [-0.2, -0.15) is 9.65 Å². The molecule has 0 spiro atoms. The Morgan fingerprint density at radius 2 is 2.21 bits per heavy atom. The number of nitrogens with zero attached hydrogens (tertiary/aromatic N) is 2. The number of nitriles is 1. The molecule has 0 bridgehead atoms. The highest BCUT2D eigenvalue weighted by Gasteiger charge is 2.14. The van der Waals surface area contributed by atoms with Crippen molar-refractivity contribution in [3.05, 3.63) is 28.2 Å². The number of benzene rings is 1. The summed E-state index contributed by atoms with van der Waals surface area (Å²) in [4.78, 5) is 12.9. The van der Waals surface area contributed by atoms with Crippen LogP contribution < -0.4 is 4.74 Å². The lowest BCUT2D eigenvalue weighted by Gasteiger charge is -2.16. The SMILES string of the molecule is CN(CCC#N)C(=O)COc1cc(Br)cc(F)c1F. The molecule has 0 aliphatic heterocycles. The number of rotatable bonds is 5. The zero-order chi connectivity index (χ0) is 14.4. The third-order valence-electron chi connectivity index (χ3n) is 2.30. The van der Waals surface area contributed by atoms with Crippen LogP contribution in [0.25, 0.3) is 0 Å². The second-order valence-corrected chi connectivity index (χ2v) is 4.63. The monoisotopic (exact) mass is 332 g/mol. The summed E-state index contributed by atoms with van der Waals surface area (Å²) in [6.45, 7) is -0.164. The average molecular weight is 333 g/mol. The van der Waals surface area contributed by atoms with E-state index in [1.165, 1.54) is 18.0 Å². The molecule has 7 heteroatoms. The van der Waals surface area contributed by atoms with E-state index < -0.39 is 24.1 Å². The number of halogens is 3. The molecule has 19 heavy (non-hydrogen) atoms. The van der Waals surface area contributed by atoms with Gasteiger partial charge < -0.3 is 9.64 Å². The van der Waals surface area contributed by atoms with Crippen LogP contribution in [-0.2, 0) is 4.79 Å². The first-order valence-corrected chi connectivity index (χ1v) is 6.13. The average Bonchev–Trinajstić information content (AvgIpc) is 2.37. The smallest absolute Gasteiger partial charge is 0.260 e. The summed E-state index contributed by atoms with van der Waals surface area (Å²) in [5.74, 6) is -2.96. The highest BCUT2D eigenvalue weighted by Crippen LogP contribution is 2.25. The molecule has 0 aliphatic rings. The van der Waals surface area contributed by atoms with Crippen LogP contribution in [0, 0.1) is 23.0 Å². The minimum absolute atomic E-state index is 0.197. The van der Waals surface area contributed by atoms with Crippen LogP contribution in [0.3, 0.4) is 0 Å². The van der Waals surface area contributed by atoms with Gasteiger partial charge in [-0.25, -0.2) is 4.39 Å². The molecule has 0 aromatic heterocycles. The molecule has 0 saturated carbocycles. The standard InChI is InChI=1S/C12H11BrF2N2O2/c1-17(4-2-3-16)11(18)7-19-10-6-8(13)5-9(14)12(10)15/h5-6H,2,4,7H2,1H3. The van der Waals surface area contributed by atoms with Gasteiger partial charge in [-0.1, -0.05) is 15.9 Å². The summed E-state index contributed by atoms with van der Waals surface area (Å²) in [6, 6.07) is 4.10. The number of likely N-dealkylation sites (N-methyl/N-ethyl adjacent to an activating group) is 1. The topological polar surface area (TPSA) is 53.3 Å². The second kappa shape index (κ2) is 7.04. The molecule has 0 heterocycles. The van der Waals surface area contributed by atoms with E-state index in [1.807, 2.05) is 6.07 Å². The van der Waals surface area contributed by atoms with E-state index >= 15 is 0 Å². The van der Waals surface area contributed by atoms with E-state index in [4.69, 9.17) is 10.00 Å². The third-order valence-corrected chi connectivity index (χ3v) is 2.75. The first kappa shape index (κ1) is 15.4. The first-order chi connectivity index (χ1) is 8.95. The molecule has 1 aromatic carbocycles. The number of carbonyl (C=O) groups is 1. The van der Waals surface area contributed by atoms with Crippen LogP contribution in [0.2, 0.25) is 0 Å². The minimum Gasteiger partial charge on any atom is -0.481 e. The molecule has 0 N–H and O–H groups in total. The minimum atomic E-state index is -1.14. The van der Waals surface area contributed by atoms with E-state index in [0.717, 1.165) is 6.07 Å². The fraction of sp³-hybridized carbons (Fsp3) is 0.333. The van der Waals surface area contributed by atoms with E-state index in [0.29, 0.717) is 4.47 Å². The zero-order valence-corrected chi connectivity index (χ0v) is 11.7. The van der Waals surface area contributed by atoms with Crippen molar-refractivity contribution in [1.29, 1.82) is 5.26 Å². The molecule has 1 rings (SSSR count). The Hall–Kier alpha value is -1.68. The Bertz CT molecular complexity index is 517. The van der Waals surface area contributed by atoms with Gasteiger partial charge in [0.15, 0.2) is 18.2 Å². The summed E-state index contributed by atoms with van der Waals surface area (Å²) in [7, 11) is 1.50. The van der Waals surface area contributed by atoms with Gasteiger partial charge >= 0.3 is 0 Å². The maximum atomic E-state index is 13.3. The molecule has 0 radical (unpaired) electrons. The molecule has 102 valence electrons. The van der Waals surface area contributed by atoms with Crippen molar-refractivity contribution in [2.45, 2.75) is 6.42 Å². The van der Waals surface area contributed by atoms with E-state index in [9.17, 15) is 13.6 Å². The van der Waals surface area contributed by atoms with Crippen LogP contribution in [0.5, 0.6) is 5.75 Å². The summed E-state index contributed by atoms with van der Waals surface area (Å²) in [5, 5.41) is 8.39. The Morgan fingerprint density at radius 3 is 2.84 bits per heavy atom. The predicted molar refractivity (Wildman–Crippen MR) is 67.4 cm³/mol. The number of hydrogen-bond donors (Lipinski definition) is 0. The lowest BCUT2D eigenvalue weighted by atomic mass is 10.3. The van der Waals surface area contributed by atoms with Gasteiger partial charge in [0.1, 0.15) is 0 Å². The Balaban J connectivity index is 2.62. The Morgan fingerprint density at radius 1 is 1.53 bits per heavy atom. The van der Waals surface area contributed by atoms with E-state index in [2.05, 4.69) is 15.9 Å². The Labute approximate surface area is 117 Å². The van der Waals surface area contributed by atoms with Crippen molar-refractivity contribution in [3.63, 3.8) is 0 Å². The molecule has 0 saturated heterocycles. The van der Waals surface area contributed by atoms with Gasteiger partial charge in [0.05, 0.1) is 12.5 Å². The molecular weight excluding hydrogens is 322 g/mol. The Kier molecular flexibility index (Phi) is 5.70. The summed E-state index contributed by atoms with van der Waals surface area (Å²) >= 11 is 3.00. The van der Waals surface area contributed by atoms with Gasteiger partial charge in [0.25, 0.3) is 5.91 Å². The largest absolute Gasteiger partial charge is 0.481 e. The normalized spacial score (nSPS) is 9.84. The number of carbonyl (C=O) groups excluding carboxylic acids is 1. The molecule has 0 atom stereocenters. The third kappa shape index (κ3) is 4.48. The fourth-order valence-corrected chi connectivity index (χ4v) is 1.64. The summed E-state index contributed by atoms with van der Waals surface area (Å²) < 4.78 is 31.7. The van der Waals surface area contributed by atoms with Crippen molar-refractivity contribution < 1.29 is 18.3 Å². The predicted octanol–water partition coefficient (Wildman–Crippen LogP) is 2.48. The van der Waals surface area contributed by atoms with Crippen LogP contribution in [0.4, 0.5) is 8.78 Å². The number of amides is 1. The molecule has 1 aromatic rings.